The van der Waals surface area contributed by atoms with Gasteiger partial charge >= 0.3 is 0 Å². The molecule has 1 amide bonds. The maximum atomic E-state index is 14.5. The Morgan fingerprint density at radius 3 is 2.58 bits per heavy atom. The predicted octanol–water partition coefficient (Wildman–Crippen LogP) is 3.19. The molecule has 0 saturated heterocycles. The van der Waals surface area contributed by atoms with Gasteiger partial charge in [0, 0.05) is 18.2 Å². The summed E-state index contributed by atoms with van der Waals surface area (Å²) in [5, 5.41) is 2.35. The van der Waals surface area contributed by atoms with Crippen molar-refractivity contribution in [1.29, 1.82) is 0 Å². The number of nitrogens with two attached hydrogens (primary N) is 1. The quantitative estimate of drug-likeness (QED) is 0.492. The van der Waals surface area contributed by atoms with Gasteiger partial charge in [0.25, 0.3) is 5.56 Å². The summed E-state index contributed by atoms with van der Waals surface area (Å²) in [5.41, 5.74) is 4.79. The van der Waals surface area contributed by atoms with Crippen LogP contribution in [0, 0.1) is 24.4 Å². The smallest absolute Gasteiger partial charge is 0.280 e. The zero-order chi connectivity index (χ0) is 23.4. The summed E-state index contributed by atoms with van der Waals surface area (Å²) in [4.78, 5) is 27.8. The summed E-state index contributed by atoms with van der Waals surface area (Å²) in [5.74, 6) is -3.02. The van der Waals surface area contributed by atoms with Crippen molar-refractivity contribution in [1.82, 2.24) is 14.9 Å². The predicted molar refractivity (Wildman–Crippen MR) is 118 cm³/mol. The van der Waals surface area contributed by atoms with E-state index in [0.717, 1.165) is 16.7 Å². The molecule has 3 rings (SSSR count). The average Bonchev–Trinajstić information content (AvgIpc) is 2.72. The second-order valence-electron chi connectivity index (χ2n) is 6.80. The van der Waals surface area contributed by atoms with Gasteiger partial charge in [0.05, 0.1) is 12.2 Å². The van der Waals surface area contributed by atoms with Gasteiger partial charge in [0.2, 0.25) is 11.8 Å². The molecule has 3 aromatic rings. The fourth-order valence-electron chi connectivity index (χ4n) is 2.92. The van der Waals surface area contributed by atoms with Crippen LogP contribution < -0.4 is 21.3 Å². The highest BCUT2D eigenvalue weighted by Crippen LogP contribution is 2.23. The molecule has 0 aliphatic rings. The third kappa shape index (κ3) is 6.25. The number of amides is 1. The van der Waals surface area contributed by atoms with Crippen molar-refractivity contribution in [2.24, 2.45) is 5.73 Å². The van der Waals surface area contributed by atoms with E-state index in [4.69, 9.17) is 22.1 Å². The number of hydrogen-bond acceptors (Lipinski definition) is 5. The number of nitrogens with zero attached hydrogens (tertiary/aromatic N) is 2. The minimum atomic E-state index is -0.824. The van der Waals surface area contributed by atoms with E-state index < -0.39 is 33.9 Å². The lowest BCUT2D eigenvalue weighted by molar-refractivity contribution is -0.117. The van der Waals surface area contributed by atoms with E-state index in [1.807, 2.05) is 0 Å². The third-order valence-corrected chi connectivity index (χ3v) is 4.75. The molecule has 2 aromatic carbocycles. The van der Waals surface area contributed by atoms with Crippen LogP contribution in [0.5, 0.6) is 5.88 Å². The number of aryl methyl sites for hydroxylation is 1. The Hall–Kier alpha value is -3.08. The molecule has 33 heavy (non-hydrogen) atoms. The molecular formula is C21H19Cl2F3N4O3. The zero-order valence-electron chi connectivity index (χ0n) is 17.2. The molecule has 0 spiro atoms. The number of carbonyl (C=O) groups is 1. The molecule has 0 aliphatic carbocycles. The standard InChI is InChI=1S/C21H18ClF3N4O3.ClH/c1-11-28-20(32-10-13-3-4-14(23)7-16(13)25)19(22)21(31)29(11)17-6-12(2-5-15(17)24)8-27-9-18(26)30;/h2-7,27H,8-10H2,1H3,(H2,26,30);1H. The first-order chi connectivity index (χ1) is 15.2. The molecule has 0 saturated carbocycles. The summed E-state index contributed by atoms with van der Waals surface area (Å²) >= 11 is 6.10. The summed E-state index contributed by atoms with van der Waals surface area (Å²) in [6.45, 7) is 1.23. The van der Waals surface area contributed by atoms with Gasteiger partial charge in [0.15, 0.2) is 5.02 Å². The first kappa shape index (κ1) is 26.2. The third-order valence-electron chi connectivity index (χ3n) is 4.42. The minimum absolute atomic E-state index is 0. The lowest BCUT2D eigenvalue weighted by Gasteiger charge is -2.15. The zero-order valence-corrected chi connectivity index (χ0v) is 18.8. The van der Waals surface area contributed by atoms with Crippen molar-refractivity contribution >= 4 is 29.9 Å². The number of hydrogen-bond donors (Lipinski definition) is 2. The van der Waals surface area contributed by atoms with Crippen molar-refractivity contribution in [3.8, 4) is 11.6 Å². The normalized spacial score (nSPS) is 10.6. The second kappa shape index (κ2) is 11.2. The van der Waals surface area contributed by atoms with E-state index >= 15 is 0 Å². The van der Waals surface area contributed by atoms with E-state index in [0.29, 0.717) is 11.6 Å². The second-order valence-corrected chi connectivity index (χ2v) is 7.18. The van der Waals surface area contributed by atoms with Gasteiger partial charge < -0.3 is 15.8 Å². The molecule has 1 aromatic heterocycles. The summed E-state index contributed by atoms with van der Waals surface area (Å²) < 4.78 is 47.7. The fourth-order valence-corrected chi connectivity index (χ4v) is 3.10. The van der Waals surface area contributed by atoms with E-state index in [1.165, 1.54) is 25.1 Å². The summed E-state index contributed by atoms with van der Waals surface area (Å²) in [6, 6.07) is 7.01. The molecule has 7 nitrogen and oxygen atoms in total. The number of carbonyl (C=O) groups excluding carboxylic acids is 1. The van der Waals surface area contributed by atoms with Crippen LogP contribution >= 0.6 is 24.0 Å². The Kier molecular flexibility index (Phi) is 8.86. The lowest BCUT2D eigenvalue weighted by atomic mass is 10.2. The monoisotopic (exact) mass is 502 g/mol. The van der Waals surface area contributed by atoms with Crippen LogP contribution in [-0.2, 0) is 17.9 Å². The Morgan fingerprint density at radius 1 is 1.18 bits per heavy atom. The molecule has 0 aliphatic heterocycles. The van der Waals surface area contributed by atoms with Gasteiger partial charge in [-0.2, -0.15) is 4.98 Å². The van der Waals surface area contributed by atoms with Crippen molar-refractivity contribution < 1.29 is 22.7 Å². The molecule has 0 radical (unpaired) electrons. The number of nitrogens with one attached hydrogen (secondary N) is 1. The molecule has 0 atom stereocenters. The first-order valence-electron chi connectivity index (χ1n) is 9.31. The van der Waals surface area contributed by atoms with Crippen LogP contribution in [0.15, 0.2) is 41.2 Å². The van der Waals surface area contributed by atoms with Crippen LogP contribution in [0.2, 0.25) is 5.02 Å². The maximum Gasteiger partial charge on any atom is 0.280 e. The fraction of sp³-hybridized carbons (Fsp3) is 0.190. The number of halogens is 5. The highest BCUT2D eigenvalue weighted by molar-refractivity contribution is 6.31. The van der Waals surface area contributed by atoms with Crippen molar-refractivity contribution in [2.45, 2.75) is 20.1 Å². The first-order valence-corrected chi connectivity index (χ1v) is 9.69. The Labute approximate surface area is 197 Å². The van der Waals surface area contributed by atoms with E-state index in [1.54, 1.807) is 0 Å². The Bertz CT molecular complexity index is 1240. The number of aromatic nitrogens is 2. The Balaban J connectivity index is 0.00000385. The van der Waals surface area contributed by atoms with Crippen LogP contribution in [0.1, 0.15) is 17.0 Å². The van der Waals surface area contributed by atoms with Crippen LogP contribution in [-0.4, -0.2) is 22.0 Å². The van der Waals surface area contributed by atoms with Gasteiger partial charge in [-0.05, 0) is 36.8 Å². The number of primary amides is 1. The molecule has 12 heteroatoms. The van der Waals surface area contributed by atoms with Gasteiger partial charge in [-0.15, -0.1) is 12.4 Å². The summed E-state index contributed by atoms with van der Waals surface area (Å²) in [6.07, 6.45) is 0. The van der Waals surface area contributed by atoms with Gasteiger partial charge in [-0.1, -0.05) is 17.7 Å². The van der Waals surface area contributed by atoms with E-state index in [-0.39, 0.29) is 55.1 Å². The van der Waals surface area contributed by atoms with Gasteiger partial charge in [-0.25, -0.2) is 13.2 Å². The lowest BCUT2D eigenvalue weighted by Crippen LogP contribution is -2.28. The van der Waals surface area contributed by atoms with Crippen molar-refractivity contribution in [3.05, 3.63) is 86.2 Å². The maximum absolute atomic E-state index is 14.5. The van der Waals surface area contributed by atoms with E-state index in [2.05, 4.69) is 10.3 Å². The number of ether oxygens (including phenoxy) is 1. The average molecular weight is 503 g/mol. The van der Waals surface area contributed by atoms with E-state index in [9.17, 15) is 22.8 Å². The molecule has 3 N–H and O–H groups in total. The highest BCUT2D eigenvalue weighted by Gasteiger charge is 2.19. The minimum Gasteiger partial charge on any atom is -0.471 e. The van der Waals surface area contributed by atoms with Crippen molar-refractivity contribution in [2.75, 3.05) is 6.54 Å². The summed E-state index contributed by atoms with van der Waals surface area (Å²) in [7, 11) is 0. The number of benzene rings is 2. The molecule has 0 fully saturated rings. The Morgan fingerprint density at radius 2 is 1.91 bits per heavy atom. The van der Waals surface area contributed by atoms with Crippen LogP contribution in [0.4, 0.5) is 13.2 Å². The SMILES string of the molecule is Cc1nc(OCc2ccc(F)cc2F)c(Cl)c(=O)n1-c1cc(CNCC(N)=O)ccc1F.Cl. The molecule has 176 valence electrons. The van der Waals surface area contributed by atoms with Crippen LogP contribution in [0.25, 0.3) is 5.69 Å². The van der Waals surface area contributed by atoms with Gasteiger partial charge in [0.1, 0.15) is 29.9 Å². The number of rotatable bonds is 8. The molecular weight excluding hydrogens is 484 g/mol. The molecule has 1 heterocycles. The highest BCUT2D eigenvalue weighted by atomic mass is 35.5. The molecule has 0 bridgehead atoms. The van der Waals surface area contributed by atoms with Crippen LogP contribution in [0.3, 0.4) is 0 Å². The van der Waals surface area contributed by atoms with Gasteiger partial charge in [-0.3, -0.25) is 14.2 Å². The van der Waals surface area contributed by atoms with Crippen molar-refractivity contribution in [3.63, 3.8) is 0 Å². The topological polar surface area (TPSA) is 99.2 Å². The largest absolute Gasteiger partial charge is 0.471 e. The molecule has 0 unspecified atom stereocenters.